The molecule has 0 bridgehead atoms. The van der Waals surface area contributed by atoms with Gasteiger partial charge in [-0.2, -0.15) is 0 Å². The zero-order valence-electron chi connectivity index (χ0n) is 6.75. The topological polar surface area (TPSA) is 72.2 Å². The third-order valence-electron chi connectivity index (χ3n) is 1.99. The monoisotopic (exact) mass is 168 g/mol. The number of carbonyl (C=O) groups excluding carboxylic acids is 2. The Labute approximate surface area is 70.8 Å². The average Bonchev–Trinajstić information content (AvgIpc) is 2.00. The molecule has 1 aliphatic rings. The molecular weight excluding hydrogens is 156 g/mol. The molecule has 2 unspecified atom stereocenters. The standard InChI is InChI=1S/C8H12N2O2/c1-2-3-5-4-6(11)10-8(12)7(5)9/h2,5,7H,1,3-4,9H2,(H,10,11,12). The van der Waals surface area contributed by atoms with Crippen LogP contribution < -0.4 is 11.1 Å². The van der Waals surface area contributed by atoms with Gasteiger partial charge in [0, 0.05) is 6.42 Å². The third-order valence-corrected chi connectivity index (χ3v) is 1.99. The Balaban J connectivity index is 2.65. The molecule has 3 N–H and O–H groups in total. The normalized spacial score (nSPS) is 29.8. The minimum absolute atomic E-state index is 0.0799. The van der Waals surface area contributed by atoms with Crippen LogP contribution in [0.2, 0.25) is 0 Å². The summed E-state index contributed by atoms with van der Waals surface area (Å²) in [6, 6.07) is -0.569. The van der Waals surface area contributed by atoms with E-state index in [-0.39, 0.29) is 17.7 Å². The smallest absolute Gasteiger partial charge is 0.243 e. The van der Waals surface area contributed by atoms with Crippen molar-refractivity contribution < 1.29 is 9.59 Å². The summed E-state index contributed by atoms with van der Waals surface area (Å²) in [6.07, 6.45) is 2.61. The summed E-state index contributed by atoms with van der Waals surface area (Å²) in [6.45, 7) is 3.54. The minimum Gasteiger partial charge on any atom is -0.320 e. The maximum absolute atomic E-state index is 11.0. The van der Waals surface area contributed by atoms with Crippen molar-refractivity contribution in [2.45, 2.75) is 18.9 Å². The number of hydrogen-bond donors (Lipinski definition) is 2. The zero-order valence-corrected chi connectivity index (χ0v) is 6.75. The van der Waals surface area contributed by atoms with Gasteiger partial charge in [0.1, 0.15) is 0 Å². The van der Waals surface area contributed by atoms with E-state index in [1.165, 1.54) is 0 Å². The Bertz CT molecular complexity index is 225. The van der Waals surface area contributed by atoms with Gasteiger partial charge in [0.15, 0.2) is 0 Å². The first kappa shape index (κ1) is 8.93. The molecule has 2 atom stereocenters. The van der Waals surface area contributed by atoms with Crippen LogP contribution in [0.3, 0.4) is 0 Å². The highest BCUT2D eigenvalue weighted by Gasteiger charge is 2.31. The number of allylic oxidation sites excluding steroid dienone is 1. The molecule has 1 heterocycles. The Kier molecular flexibility index (Phi) is 2.60. The molecule has 0 aromatic carbocycles. The molecule has 2 amide bonds. The fourth-order valence-electron chi connectivity index (χ4n) is 1.29. The first-order valence-corrected chi connectivity index (χ1v) is 3.85. The highest BCUT2D eigenvalue weighted by Crippen LogP contribution is 2.16. The number of nitrogens with two attached hydrogens (primary N) is 1. The van der Waals surface area contributed by atoms with Gasteiger partial charge in [-0.1, -0.05) is 6.08 Å². The number of nitrogens with one attached hydrogen (secondary N) is 1. The van der Waals surface area contributed by atoms with E-state index in [1.54, 1.807) is 6.08 Å². The molecule has 1 rings (SSSR count). The van der Waals surface area contributed by atoms with E-state index in [2.05, 4.69) is 11.9 Å². The predicted octanol–water partition coefficient (Wildman–Crippen LogP) is -0.447. The highest BCUT2D eigenvalue weighted by atomic mass is 16.2. The molecule has 4 nitrogen and oxygen atoms in total. The predicted molar refractivity (Wildman–Crippen MR) is 44.0 cm³/mol. The van der Waals surface area contributed by atoms with Crippen LogP contribution in [0.25, 0.3) is 0 Å². The summed E-state index contributed by atoms with van der Waals surface area (Å²) in [4.78, 5) is 21.9. The second kappa shape index (κ2) is 3.49. The average molecular weight is 168 g/mol. The lowest BCUT2D eigenvalue weighted by molar-refractivity contribution is -0.136. The fraction of sp³-hybridized carbons (Fsp3) is 0.500. The number of imide groups is 1. The van der Waals surface area contributed by atoms with Gasteiger partial charge in [-0.05, 0) is 12.3 Å². The van der Waals surface area contributed by atoms with Crippen molar-refractivity contribution in [3.05, 3.63) is 12.7 Å². The SMILES string of the molecule is C=CCC1CC(=O)NC(=O)C1N. The van der Waals surface area contributed by atoms with Crippen molar-refractivity contribution in [3.63, 3.8) is 0 Å². The Morgan fingerprint density at radius 1 is 1.67 bits per heavy atom. The van der Waals surface area contributed by atoms with Gasteiger partial charge in [-0.15, -0.1) is 6.58 Å². The molecule has 4 heteroatoms. The third kappa shape index (κ3) is 1.71. The quantitative estimate of drug-likeness (QED) is 0.433. The van der Waals surface area contributed by atoms with Crippen LogP contribution in [0.1, 0.15) is 12.8 Å². The molecule has 0 aliphatic carbocycles. The number of rotatable bonds is 2. The Morgan fingerprint density at radius 3 is 2.92 bits per heavy atom. The zero-order chi connectivity index (χ0) is 9.14. The molecule has 1 saturated heterocycles. The van der Waals surface area contributed by atoms with Crippen LogP contribution in [-0.4, -0.2) is 17.9 Å². The van der Waals surface area contributed by atoms with Crippen LogP contribution in [0.15, 0.2) is 12.7 Å². The van der Waals surface area contributed by atoms with E-state index in [0.29, 0.717) is 12.8 Å². The van der Waals surface area contributed by atoms with Gasteiger partial charge in [-0.3, -0.25) is 14.9 Å². The van der Waals surface area contributed by atoms with Gasteiger partial charge in [0.05, 0.1) is 6.04 Å². The van der Waals surface area contributed by atoms with Gasteiger partial charge < -0.3 is 5.73 Å². The van der Waals surface area contributed by atoms with Crippen LogP contribution in [0, 0.1) is 5.92 Å². The lowest BCUT2D eigenvalue weighted by Crippen LogP contribution is -2.53. The maximum atomic E-state index is 11.0. The molecule has 0 aromatic rings. The highest BCUT2D eigenvalue weighted by molar-refractivity contribution is 6.00. The van der Waals surface area contributed by atoms with Gasteiger partial charge in [-0.25, -0.2) is 0 Å². The van der Waals surface area contributed by atoms with Gasteiger partial charge in [0.2, 0.25) is 11.8 Å². The van der Waals surface area contributed by atoms with Crippen molar-refractivity contribution in [2.24, 2.45) is 11.7 Å². The second-order valence-corrected chi connectivity index (χ2v) is 2.93. The summed E-state index contributed by atoms with van der Waals surface area (Å²) in [7, 11) is 0. The largest absolute Gasteiger partial charge is 0.320 e. The van der Waals surface area contributed by atoms with E-state index in [1.807, 2.05) is 0 Å². The minimum atomic E-state index is -0.569. The summed E-state index contributed by atoms with van der Waals surface area (Å²) in [5.41, 5.74) is 5.56. The lowest BCUT2D eigenvalue weighted by Gasteiger charge is -2.25. The number of hydrogen-bond acceptors (Lipinski definition) is 3. The first-order valence-electron chi connectivity index (χ1n) is 3.85. The van der Waals surface area contributed by atoms with Gasteiger partial charge in [0.25, 0.3) is 0 Å². The molecule has 66 valence electrons. The summed E-state index contributed by atoms with van der Waals surface area (Å²) >= 11 is 0. The number of carbonyl (C=O) groups is 2. The van der Waals surface area contributed by atoms with Crippen LogP contribution in [0.4, 0.5) is 0 Å². The summed E-state index contributed by atoms with van der Waals surface area (Å²) in [5, 5.41) is 2.18. The van der Waals surface area contributed by atoms with Crippen molar-refractivity contribution in [1.29, 1.82) is 0 Å². The van der Waals surface area contributed by atoms with Crippen LogP contribution >= 0.6 is 0 Å². The van der Waals surface area contributed by atoms with Crippen molar-refractivity contribution in [3.8, 4) is 0 Å². The first-order chi connectivity index (χ1) is 5.65. The maximum Gasteiger partial charge on any atom is 0.243 e. The molecule has 0 spiro atoms. The van der Waals surface area contributed by atoms with E-state index >= 15 is 0 Å². The molecule has 12 heavy (non-hydrogen) atoms. The second-order valence-electron chi connectivity index (χ2n) is 2.93. The van der Waals surface area contributed by atoms with E-state index in [0.717, 1.165) is 0 Å². The summed E-state index contributed by atoms with van der Waals surface area (Å²) < 4.78 is 0. The molecule has 1 fully saturated rings. The number of piperidine rings is 1. The van der Waals surface area contributed by atoms with Crippen molar-refractivity contribution in [2.75, 3.05) is 0 Å². The Morgan fingerprint density at radius 2 is 2.33 bits per heavy atom. The van der Waals surface area contributed by atoms with E-state index in [9.17, 15) is 9.59 Å². The van der Waals surface area contributed by atoms with Crippen molar-refractivity contribution in [1.82, 2.24) is 5.32 Å². The molecule has 0 aromatic heterocycles. The summed E-state index contributed by atoms with van der Waals surface area (Å²) in [5.74, 6) is -0.699. The van der Waals surface area contributed by atoms with Crippen LogP contribution in [-0.2, 0) is 9.59 Å². The lowest BCUT2D eigenvalue weighted by atomic mass is 9.89. The molecule has 0 radical (unpaired) electrons. The van der Waals surface area contributed by atoms with E-state index in [4.69, 9.17) is 5.73 Å². The molecule has 1 aliphatic heterocycles. The Hall–Kier alpha value is -1.16. The van der Waals surface area contributed by atoms with Gasteiger partial charge >= 0.3 is 0 Å². The molecule has 0 saturated carbocycles. The molecular formula is C8H12N2O2. The van der Waals surface area contributed by atoms with Crippen LogP contribution in [0.5, 0.6) is 0 Å². The fourth-order valence-corrected chi connectivity index (χ4v) is 1.29. The van der Waals surface area contributed by atoms with Crippen molar-refractivity contribution >= 4 is 11.8 Å². The number of amides is 2. The van der Waals surface area contributed by atoms with E-state index < -0.39 is 6.04 Å².